The van der Waals surface area contributed by atoms with Crippen LogP contribution in [-0.4, -0.2) is 19.0 Å². The number of methoxy groups -OCH3 is 1. The fourth-order valence-corrected chi connectivity index (χ4v) is 5.08. The van der Waals surface area contributed by atoms with Crippen LogP contribution in [0.5, 0.6) is 0 Å². The zero-order chi connectivity index (χ0) is 21.0. The number of carbonyl (C=O) groups excluding carboxylic acids is 2. The molecule has 1 amide bonds. The van der Waals surface area contributed by atoms with E-state index in [1.165, 1.54) is 35.0 Å². The largest absolute Gasteiger partial charge is 0.465 e. The molecule has 1 aromatic carbocycles. The number of amides is 1. The van der Waals surface area contributed by atoms with Gasteiger partial charge < -0.3 is 10.1 Å². The van der Waals surface area contributed by atoms with E-state index in [1.807, 2.05) is 12.1 Å². The van der Waals surface area contributed by atoms with Gasteiger partial charge in [-0.1, -0.05) is 51.5 Å². The number of anilines is 1. The molecule has 0 saturated carbocycles. The summed E-state index contributed by atoms with van der Waals surface area (Å²) in [6.07, 6.45) is 7.34. The van der Waals surface area contributed by atoms with E-state index in [2.05, 4.69) is 38.2 Å². The minimum absolute atomic E-state index is 0.242. The highest BCUT2D eigenvalue weighted by Gasteiger charge is 2.29. The molecule has 1 N–H and O–H groups in total. The SMILES string of the molecule is CCC1CCc2c(sc(NC(=O)/C=C/c3ccc(C(C)C)cc3)c2C(=O)OC)C1. The Balaban J connectivity index is 1.77. The van der Waals surface area contributed by atoms with Gasteiger partial charge in [0, 0.05) is 11.0 Å². The van der Waals surface area contributed by atoms with Gasteiger partial charge in [-0.25, -0.2) is 4.79 Å². The van der Waals surface area contributed by atoms with Gasteiger partial charge in [0.15, 0.2) is 0 Å². The minimum atomic E-state index is -0.374. The first kappa shape index (κ1) is 21.3. The molecule has 0 bridgehead atoms. The second-order valence-corrected chi connectivity index (χ2v) is 8.97. The molecule has 1 aliphatic carbocycles. The summed E-state index contributed by atoms with van der Waals surface area (Å²) in [7, 11) is 1.39. The highest BCUT2D eigenvalue weighted by molar-refractivity contribution is 7.17. The van der Waals surface area contributed by atoms with E-state index in [0.717, 1.165) is 36.8 Å². The van der Waals surface area contributed by atoms with Crippen LogP contribution in [0, 0.1) is 5.92 Å². The van der Waals surface area contributed by atoms with E-state index >= 15 is 0 Å². The maximum atomic E-state index is 12.5. The number of fused-ring (bicyclic) bond motifs is 1. The van der Waals surface area contributed by atoms with Gasteiger partial charge in [0.1, 0.15) is 5.00 Å². The summed E-state index contributed by atoms with van der Waals surface area (Å²) in [5, 5.41) is 3.51. The molecule has 0 aliphatic heterocycles. The smallest absolute Gasteiger partial charge is 0.341 e. The third-order valence-electron chi connectivity index (χ3n) is 5.60. The maximum Gasteiger partial charge on any atom is 0.341 e. The lowest BCUT2D eigenvalue weighted by Crippen LogP contribution is -2.15. The van der Waals surface area contributed by atoms with Crippen LogP contribution in [-0.2, 0) is 22.4 Å². The van der Waals surface area contributed by atoms with Gasteiger partial charge in [0.25, 0.3) is 0 Å². The van der Waals surface area contributed by atoms with Crippen molar-refractivity contribution < 1.29 is 14.3 Å². The summed E-state index contributed by atoms with van der Waals surface area (Å²) >= 11 is 1.51. The normalized spacial score (nSPS) is 16.1. The number of carbonyl (C=O) groups is 2. The van der Waals surface area contributed by atoms with Crippen LogP contribution >= 0.6 is 11.3 Å². The quantitative estimate of drug-likeness (QED) is 0.481. The molecule has 1 atom stereocenters. The molecule has 1 aromatic heterocycles. The average molecular weight is 412 g/mol. The Kier molecular flexibility index (Phi) is 6.91. The summed E-state index contributed by atoms with van der Waals surface area (Å²) in [5.41, 5.74) is 3.82. The van der Waals surface area contributed by atoms with Gasteiger partial charge in [-0.2, -0.15) is 0 Å². The number of hydrogen-bond acceptors (Lipinski definition) is 4. The summed E-state index contributed by atoms with van der Waals surface area (Å²) in [6.45, 7) is 6.51. The van der Waals surface area contributed by atoms with Gasteiger partial charge in [-0.15, -0.1) is 11.3 Å². The zero-order valence-electron chi connectivity index (χ0n) is 17.6. The molecule has 2 aromatic rings. The second kappa shape index (κ2) is 9.40. The van der Waals surface area contributed by atoms with Gasteiger partial charge in [-0.05, 0) is 53.9 Å². The van der Waals surface area contributed by atoms with Crippen LogP contribution in [0.25, 0.3) is 6.08 Å². The Morgan fingerprint density at radius 3 is 2.62 bits per heavy atom. The van der Waals surface area contributed by atoms with Crippen molar-refractivity contribution in [3.05, 3.63) is 57.5 Å². The monoisotopic (exact) mass is 411 g/mol. The van der Waals surface area contributed by atoms with Crippen molar-refractivity contribution in [2.45, 2.75) is 52.4 Å². The predicted molar refractivity (Wildman–Crippen MR) is 120 cm³/mol. The Morgan fingerprint density at radius 1 is 1.28 bits per heavy atom. The molecule has 1 heterocycles. The number of esters is 1. The molecule has 4 nitrogen and oxygen atoms in total. The molecule has 1 aliphatic rings. The van der Waals surface area contributed by atoms with E-state index in [9.17, 15) is 9.59 Å². The molecule has 3 rings (SSSR count). The Bertz CT molecular complexity index is 909. The number of ether oxygens (including phenoxy) is 1. The third kappa shape index (κ3) is 4.96. The van der Waals surface area contributed by atoms with Crippen molar-refractivity contribution in [2.75, 3.05) is 12.4 Å². The molecule has 0 saturated heterocycles. The first-order valence-electron chi connectivity index (χ1n) is 10.2. The number of thiophene rings is 1. The van der Waals surface area contributed by atoms with Crippen molar-refractivity contribution in [1.29, 1.82) is 0 Å². The summed E-state index contributed by atoms with van der Waals surface area (Å²) in [6, 6.07) is 8.17. The van der Waals surface area contributed by atoms with Crippen LogP contribution < -0.4 is 5.32 Å². The molecule has 154 valence electrons. The van der Waals surface area contributed by atoms with Crippen molar-refractivity contribution in [1.82, 2.24) is 0 Å². The Labute approximate surface area is 177 Å². The summed E-state index contributed by atoms with van der Waals surface area (Å²) in [5.74, 6) is 0.504. The number of benzene rings is 1. The topological polar surface area (TPSA) is 55.4 Å². The lowest BCUT2D eigenvalue weighted by atomic mass is 9.86. The highest BCUT2D eigenvalue weighted by atomic mass is 32.1. The van der Waals surface area contributed by atoms with Gasteiger partial charge >= 0.3 is 5.97 Å². The Hall–Kier alpha value is -2.40. The van der Waals surface area contributed by atoms with Crippen LogP contribution in [0.1, 0.15) is 71.5 Å². The van der Waals surface area contributed by atoms with Crippen LogP contribution in [0.15, 0.2) is 30.3 Å². The van der Waals surface area contributed by atoms with E-state index in [-0.39, 0.29) is 11.9 Å². The molecule has 1 unspecified atom stereocenters. The van der Waals surface area contributed by atoms with Crippen molar-refractivity contribution in [3.8, 4) is 0 Å². The first-order chi connectivity index (χ1) is 13.9. The van der Waals surface area contributed by atoms with Crippen molar-refractivity contribution in [3.63, 3.8) is 0 Å². The van der Waals surface area contributed by atoms with E-state index in [0.29, 0.717) is 22.4 Å². The first-order valence-corrected chi connectivity index (χ1v) is 11.1. The molecule has 0 radical (unpaired) electrons. The van der Waals surface area contributed by atoms with Crippen LogP contribution in [0.3, 0.4) is 0 Å². The molecule has 0 fully saturated rings. The summed E-state index contributed by atoms with van der Waals surface area (Å²) in [4.78, 5) is 26.1. The van der Waals surface area contributed by atoms with Crippen LogP contribution in [0.2, 0.25) is 0 Å². The number of rotatable bonds is 6. The fourth-order valence-electron chi connectivity index (χ4n) is 3.73. The average Bonchev–Trinajstić information content (AvgIpc) is 3.08. The molecule has 5 heteroatoms. The lowest BCUT2D eigenvalue weighted by Gasteiger charge is -2.20. The Morgan fingerprint density at radius 2 is 2.00 bits per heavy atom. The van der Waals surface area contributed by atoms with E-state index in [4.69, 9.17) is 4.74 Å². The maximum absolute atomic E-state index is 12.5. The number of hydrogen-bond donors (Lipinski definition) is 1. The van der Waals surface area contributed by atoms with Crippen molar-refractivity contribution >= 4 is 34.3 Å². The van der Waals surface area contributed by atoms with Crippen LogP contribution in [0.4, 0.5) is 5.00 Å². The van der Waals surface area contributed by atoms with E-state index in [1.54, 1.807) is 6.08 Å². The second-order valence-electron chi connectivity index (χ2n) is 7.86. The van der Waals surface area contributed by atoms with Gasteiger partial charge in [0.05, 0.1) is 12.7 Å². The molecule has 0 spiro atoms. The lowest BCUT2D eigenvalue weighted by molar-refractivity contribution is -0.111. The standard InChI is InChI=1S/C24H29NO3S/c1-5-16-8-12-19-20(14-16)29-23(22(19)24(27)28-4)25-21(26)13-9-17-6-10-18(11-7-17)15(2)3/h6-7,9-11,13,15-16H,5,8,12,14H2,1-4H3,(H,25,26)/b13-9+. The molecule has 29 heavy (non-hydrogen) atoms. The molecular formula is C24H29NO3S. The van der Waals surface area contributed by atoms with Gasteiger partial charge in [-0.3, -0.25) is 4.79 Å². The third-order valence-corrected chi connectivity index (χ3v) is 6.77. The van der Waals surface area contributed by atoms with Gasteiger partial charge in [0.2, 0.25) is 5.91 Å². The predicted octanol–water partition coefficient (Wildman–Crippen LogP) is 5.82. The van der Waals surface area contributed by atoms with Crippen molar-refractivity contribution in [2.24, 2.45) is 5.92 Å². The highest BCUT2D eigenvalue weighted by Crippen LogP contribution is 2.40. The van der Waals surface area contributed by atoms with E-state index < -0.39 is 0 Å². The zero-order valence-corrected chi connectivity index (χ0v) is 18.4. The summed E-state index contributed by atoms with van der Waals surface area (Å²) < 4.78 is 4.99. The number of nitrogens with one attached hydrogen (secondary N) is 1. The fraction of sp³-hybridized carbons (Fsp3) is 0.417. The minimum Gasteiger partial charge on any atom is -0.465 e. The molecular weight excluding hydrogens is 382 g/mol.